The lowest BCUT2D eigenvalue weighted by Crippen LogP contribution is -2.49. The molecule has 2 aliphatic rings. The van der Waals surface area contributed by atoms with Gasteiger partial charge in [0.25, 0.3) is 0 Å². The molecule has 1 unspecified atom stereocenters. The number of likely N-dealkylation sites (tertiary alicyclic amines) is 1. The number of aromatic amines is 1. The Hall–Kier alpha value is -2.55. The molecule has 0 spiro atoms. The number of piperidine rings is 1. The average Bonchev–Trinajstić information content (AvgIpc) is 3.05. The number of urea groups is 1. The van der Waals surface area contributed by atoms with Crippen molar-refractivity contribution >= 4 is 17.1 Å². The van der Waals surface area contributed by atoms with E-state index < -0.39 is 0 Å². The second-order valence-electron chi connectivity index (χ2n) is 7.25. The zero-order chi connectivity index (χ0) is 17.3. The van der Waals surface area contributed by atoms with E-state index in [9.17, 15) is 10.1 Å². The first-order valence-electron chi connectivity index (χ1n) is 9.11. The summed E-state index contributed by atoms with van der Waals surface area (Å²) in [5.41, 5.74) is 1.59. The largest absolute Gasteiger partial charge is 0.340 e. The predicted octanol–water partition coefficient (Wildman–Crippen LogP) is 3.49. The van der Waals surface area contributed by atoms with Crippen LogP contribution in [0.3, 0.4) is 0 Å². The Morgan fingerprint density at radius 3 is 2.92 bits per heavy atom. The van der Waals surface area contributed by atoms with E-state index >= 15 is 0 Å². The quantitative estimate of drug-likeness (QED) is 0.899. The predicted molar refractivity (Wildman–Crippen MR) is 94.7 cm³/mol. The molecule has 1 aromatic heterocycles. The van der Waals surface area contributed by atoms with Gasteiger partial charge in [0.1, 0.15) is 5.82 Å². The molecular weight excluding hydrogens is 314 g/mol. The number of hydrogen-bond acceptors (Lipinski definition) is 3. The third-order valence-electron chi connectivity index (χ3n) is 5.61. The number of carbonyl (C=O) groups excluding carboxylic acids is 1. The highest BCUT2D eigenvalue weighted by Crippen LogP contribution is 2.39. The zero-order valence-corrected chi connectivity index (χ0v) is 14.3. The van der Waals surface area contributed by atoms with Crippen molar-refractivity contribution in [2.75, 3.05) is 13.1 Å². The molecule has 2 heterocycles. The van der Waals surface area contributed by atoms with Crippen molar-refractivity contribution < 1.29 is 4.79 Å². The minimum Gasteiger partial charge on any atom is -0.340 e. The van der Waals surface area contributed by atoms with Crippen molar-refractivity contribution in [3.8, 4) is 6.07 Å². The van der Waals surface area contributed by atoms with Crippen LogP contribution in [0.25, 0.3) is 11.0 Å². The Kier molecular flexibility index (Phi) is 4.08. The maximum atomic E-state index is 12.8. The molecule has 2 N–H and O–H groups in total. The van der Waals surface area contributed by atoms with Crippen LogP contribution in [0.15, 0.2) is 24.3 Å². The summed E-state index contributed by atoms with van der Waals surface area (Å²) in [4.78, 5) is 22.7. The average molecular weight is 337 g/mol. The van der Waals surface area contributed by atoms with Gasteiger partial charge in [-0.15, -0.1) is 0 Å². The highest BCUT2D eigenvalue weighted by Gasteiger charge is 2.38. The number of fused-ring (bicyclic) bond motifs is 1. The number of amides is 2. The lowest BCUT2D eigenvalue weighted by atomic mass is 9.70. The van der Waals surface area contributed by atoms with Gasteiger partial charge in [0.2, 0.25) is 0 Å². The van der Waals surface area contributed by atoms with Gasteiger partial charge in [0.05, 0.1) is 28.6 Å². The summed E-state index contributed by atoms with van der Waals surface area (Å²) in [6, 6.07) is 10.2. The molecule has 1 saturated heterocycles. The van der Waals surface area contributed by atoms with Gasteiger partial charge in [0.15, 0.2) is 0 Å². The summed E-state index contributed by atoms with van der Waals surface area (Å²) in [6.45, 7) is 1.18. The van der Waals surface area contributed by atoms with Crippen LogP contribution in [0.2, 0.25) is 0 Å². The Morgan fingerprint density at radius 1 is 1.36 bits per heavy atom. The van der Waals surface area contributed by atoms with Crippen LogP contribution in [0.4, 0.5) is 4.79 Å². The number of para-hydroxylation sites is 2. The van der Waals surface area contributed by atoms with E-state index in [4.69, 9.17) is 4.98 Å². The fraction of sp³-hybridized carbons (Fsp3) is 0.526. The first-order valence-corrected chi connectivity index (χ1v) is 9.11. The SMILES string of the molecule is N#CC1(CNC(=O)N2CCCCC2c2nc3ccccc3[nH]2)CCC1. The summed E-state index contributed by atoms with van der Waals surface area (Å²) >= 11 is 0. The molecule has 0 radical (unpaired) electrons. The summed E-state index contributed by atoms with van der Waals surface area (Å²) in [7, 11) is 0. The summed E-state index contributed by atoms with van der Waals surface area (Å²) < 4.78 is 0. The summed E-state index contributed by atoms with van der Waals surface area (Å²) in [5, 5.41) is 12.3. The second-order valence-corrected chi connectivity index (χ2v) is 7.25. The highest BCUT2D eigenvalue weighted by atomic mass is 16.2. The monoisotopic (exact) mass is 337 g/mol. The number of nitrogens with one attached hydrogen (secondary N) is 2. The molecule has 6 nitrogen and oxygen atoms in total. The molecule has 4 rings (SSSR count). The highest BCUT2D eigenvalue weighted by molar-refractivity contribution is 5.76. The Morgan fingerprint density at radius 2 is 2.20 bits per heavy atom. The Balaban J connectivity index is 1.50. The molecule has 1 aliphatic carbocycles. The molecule has 1 saturated carbocycles. The molecular formula is C19H23N5O. The molecule has 6 heteroatoms. The van der Waals surface area contributed by atoms with Crippen molar-refractivity contribution in [2.45, 2.75) is 44.6 Å². The normalized spacial score (nSPS) is 22.2. The number of carbonyl (C=O) groups is 1. The maximum Gasteiger partial charge on any atom is 0.318 e. The van der Waals surface area contributed by atoms with Crippen LogP contribution >= 0.6 is 0 Å². The molecule has 1 atom stereocenters. The van der Waals surface area contributed by atoms with Crippen molar-refractivity contribution in [3.63, 3.8) is 0 Å². The Bertz CT molecular complexity index is 784. The van der Waals surface area contributed by atoms with Gasteiger partial charge in [-0.2, -0.15) is 5.26 Å². The molecule has 1 aromatic carbocycles. The molecule has 2 amide bonds. The van der Waals surface area contributed by atoms with Crippen molar-refractivity contribution in [1.82, 2.24) is 20.2 Å². The number of imidazole rings is 1. The van der Waals surface area contributed by atoms with Gasteiger partial charge in [0, 0.05) is 13.1 Å². The zero-order valence-electron chi connectivity index (χ0n) is 14.3. The minimum absolute atomic E-state index is 0.0272. The van der Waals surface area contributed by atoms with Crippen LogP contribution in [-0.2, 0) is 0 Å². The van der Waals surface area contributed by atoms with Crippen LogP contribution < -0.4 is 5.32 Å². The van der Waals surface area contributed by atoms with E-state index in [1.165, 1.54) is 0 Å². The van der Waals surface area contributed by atoms with E-state index in [0.29, 0.717) is 6.54 Å². The topological polar surface area (TPSA) is 84.8 Å². The summed E-state index contributed by atoms with van der Waals surface area (Å²) in [5.74, 6) is 0.856. The number of nitrogens with zero attached hydrogens (tertiary/aromatic N) is 3. The first kappa shape index (κ1) is 15.9. The van der Waals surface area contributed by atoms with Crippen LogP contribution in [0, 0.1) is 16.7 Å². The number of rotatable bonds is 3. The van der Waals surface area contributed by atoms with Crippen LogP contribution in [-0.4, -0.2) is 34.0 Å². The van der Waals surface area contributed by atoms with Crippen molar-refractivity contribution in [2.24, 2.45) is 5.41 Å². The van der Waals surface area contributed by atoms with Crippen molar-refractivity contribution in [1.29, 1.82) is 5.26 Å². The fourth-order valence-electron chi connectivity index (χ4n) is 3.87. The number of nitriles is 1. The lowest BCUT2D eigenvalue weighted by molar-refractivity contribution is 0.138. The van der Waals surface area contributed by atoms with Crippen LogP contribution in [0.5, 0.6) is 0 Å². The second kappa shape index (κ2) is 6.40. The molecule has 130 valence electrons. The standard InChI is InChI=1S/C19H23N5O/c20-12-19(9-5-10-19)13-21-18(25)24-11-4-3-8-16(24)17-22-14-6-1-2-7-15(14)23-17/h1-2,6-7,16H,3-5,8-11,13H2,(H,21,25)(H,22,23). The van der Waals surface area contributed by atoms with Gasteiger partial charge >= 0.3 is 6.03 Å². The van der Waals surface area contributed by atoms with Gasteiger partial charge in [-0.1, -0.05) is 18.6 Å². The minimum atomic E-state index is -0.347. The molecule has 25 heavy (non-hydrogen) atoms. The number of aromatic nitrogens is 2. The first-order chi connectivity index (χ1) is 12.2. The number of benzene rings is 1. The van der Waals surface area contributed by atoms with Gasteiger partial charge in [-0.05, 0) is 44.2 Å². The number of H-pyrrole nitrogens is 1. The lowest BCUT2D eigenvalue weighted by Gasteiger charge is -2.38. The van der Waals surface area contributed by atoms with E-state index in [2.05, 4.69) is 16.4 Å². The molecule has 0 bridgehead atoms. The third-order valence-corrected chi connectivity index (χ3v) is 5.61. The van der Waals surface area contributed by atoms with Gasteiger partial charge < -0.3 is 15.2 Å². The molecule has 2 fully saturated rings. The fourth-order valence-corrected chi connectivity index (χ4v) is 3.87. The van der Waals surface area contributed by atoms with E-state index in [1.54, 1.807) is 0 Å². The van der Waals surface area contributed by atoms with Gasteiger partial charge in [-0.25, -0.2) is 9.78 Å². The van der Waals surface area contributed by atoms with E-state index in [-0.39, 0.29) is 17.5 Å². The van der Waals surface area contributed by atoms with E-state index in [0.717, 1.165) is 61.9 Å². The van der Waals surface area contributed by atoms with Crippen molar-refractivity contribution in [3.05, 3.63) is 30.1 Å². The Labute approximate surface area is 147 Å². The molecule has 1 aliphatic heterocycles. The van der Waals surface area contributed by atoms with E-state index in [1.807, 2.05) is 29.2 Å². The smallest absolute Gasteiger partial charge is 0.318 e. The summed E-state index contributed by atoms with van der Waals surface area (Å²) in [6.07, 6.45) is 5.86. The van der Waals surface area contributed by atoms with Gasteiger partial charge in [-0.3, -0.25) is 0 Å². The van der Waals surface area contributed by atoms with Crippen LogP contribution in [0.1, 0.15) is 50.4 Å². The maximum absolute atomic E-state index is 12.8. The number of hydrogen-bond donors (Lipinski definition) is 2. The third kappa shape index (κ3) is 2.95. The molecule has 2 aromatic rings.